The monoisotopic (exact) mass is 312 g/mol. The van der Waals surface area contributed by atoms with Crippen LogP contribution in [0.1, 0.15) is 10.5 Å². The normalized spacial score (nSPS) is 12.8. The summed E-state index contributed by atoms with van der Waals surface area (Å²) in [6.45, 7) is 0.969. The summed E-state index contributed by atoms with van der Waals surface area (Å²) in [5, 5.41) is 14.1. The van der Waals surface area contributed by atoms with E-state index in [9.17, 15) is 4.79 Å². The van der Waals surface area contributed by atoms with Crippen LogP contribution in [0.2, 0.25) is 0 Å². The number of aromatic nitrogens is 2. The highest BCUT2D eigenvalue weighted by Crippen LogP contribution is 2.33. The van der Waals surface area contributed by atoms with Gasteiger partial charge in [0.05, 0.1) is 12.1 Å². The summed E-state index contributed by atoms with van der Waals surface area (Å²) in [6, 6.07) is 5.31. The molecule has 0 spiro atoms. The van der Waals surface area contributed by atoms with Gasteiger partial charge in [0.15, 0.2) is 12.0 Å². The van der Waals surface area contributed by atoms with Gasteiger partial charge in [-0.15, -0.1) is 0 Å². The van der Waals surface area contributed by atoms with Gasteiger partial charge in [-0.3, -0.25) is 4.79 Å². The molecule has 0 amide bonds. The number of hydrogen-bond acceptors (Lipinski definition) is 4. The lowest BCUT2D eigenvalue weighted by Crippen LogP contribution is -2.73. The van der Waals surface area contributed by atoms with Crippen LogP contribution in [0.4, 0.5) is 5.69 Å². The van der Waals surface area contributed by atoms with Crippen LogP contribution >= 0.6 is 10.0 Å². The first kappa shape index (κ1) is 16.0. The summed E-state index contributed by atoms with van der Waals surface area (Å²) >= 11 is 0. The lowest BCUT2D eigenvalue weighted by molar-refractivity contribution is -0.825. The molecule has 0 radical (unpaired) electrons. The first-order valence-electron chi connectivity index (χ1n) is 6.61. The van der Waals surface area contributed by atoms with Gasteiger partial charge < -0.3 is 4.74 Å². The van der Waals surface area contributed by atoms with Gasteiger partial charge >= 0.3 is 0 Å². The molecule has 2 aromatic rings. The zero-order valence-electron chi connectivity index (χ0n) is 12.6. The first-order chi connectivity index (χ1) is 9.94. The summed E-state index contributed by atoms with van der Waals surface area (Å²) in [5.41, 5.74) is 2.86. The molecule has 1 aromatic carbocycles. The molecule has 6 nitrogen and oxygen atoms in total. The molecule has 0 aliphatic rings. The van der Waals surface area contributed by atoms with Gasteiger partial charge in [-0.2, -0.15) is 10.6 Å². The standard InChI is InChI=1S/C14H21N3O3S/c1-21(2,3)7-6-20-10-17-14-8-11(16-19)4-5-12(14)13(9-18)15-17/h4-5,8-9,16,19H,6-7,10H2,1-3H3/p+1. The van der Waals surface area contributed by atoms with Crippen LogP contribution in [0.5, 0.6) is 0 Å². The minimum Gasteiger partial charge on any atom is -0.358 e. The summed E-state index contributed by atoms with van der Waals surface area (Å²) in [4.78, 5) is 11.1. The molecule has 116 valence electrons. The van der Waals surface area contributed by atoms with Crippen LogP contribution in [-0.4, -0.2) is 52.4 Å². The van der Waals surface area contributed by atoms with Gasteiger partial charge in [0, 0.05) is 23.3 Å². The molecule has 1 heterocycles. The fourth-order valence-corrected chi connectivity index (χ4v) is 2.56. The Hall–Kier alpha value is -1.41. The summed E-state index contributed by atoms with van der Waals surface area (Å²) in [6.07, 6.45) is 7.47. The van der Waals surface area contributed by atoms with Crippen molar-refractivity contribution in [3.63, 3.8) is 0 Å². The summed E-state index contributed by atoms with van der Waals surface area (Å²) in [5.74, 6) is 1.03. The Morgan fingerprint density at radius 1 is 1.43 bits per heavy atom. The van der Waals surface area contributed by atoms with Crippen molar-refractivity contribution in [2.75, 3.05) is 31.1 Å². The third-order valence-electron chi connectivity index (χ3n) is 3.12. The van der Waals surface area contributed by atoms with Crippen molar-refractivity contribution in [2.45, 2.75) is 6.73 Å². The average Bonchev–Trinajstić information content (AvgIpc) is 2.79. The minimum absolute atomic E-state index is 0.300. The van der Waals surface area contributed by atoms with Gasteiger partial charge in [0.1, 0.15) is 12.4 Å². The molecule has 2 rings (SSSR count). The molecule has 0 aliphatic carbocycles. The SMILES string of the molecule is CS(C)(C)CCOCn1nc(C=O)c2ccc([NH2+]O)cc21. The lowest BCUT2D eigenvalue weighted by Gasteiger charge is -2.24. The smallest absolute Gasteiger partial charge is 0.170 e. The van der Waals surface area contributed by atoms with Crippen LogP contribution in [0, 0.1) is 0 Å². The quantitative estimate of drug-likeness (QED) is 0.347. The molecule has 21 heavy (non-hydrogen) atoms. The molecule has 0 saturated carbocycles. The van der Waals surface area contributed by atoms with E-state index in [0.717, 1.165) is 28.4 Å². The van der Waals surface area contributed by atoms with E-state index in [4.69, 9.17) is 9.94 Å². The Labute approximate surface area is 125 Å². The Morgan fingerprint density at radius 2 is 2.19 bits per heavy atom. The number of quaternary nitrogens is 1. The number of carbonyl (C=O) groups excluding carboxylic acids is 1. The predicted molar refractivity (Wildman–Crippen MR) is 84.7 cm³/mol. The Morgan fingerprint density at radius 3 is 2.81 bits per heavy atom. The summed E-state index contributed by atoms with van der Waals surface area (Å²) in [7, 11) is -0.580. The molecule has 3 N–H and O–H groups in total. The number of carbonyl (C=O) groups is 1. The van der Waals surface area contributed by atoms with E-state index < -0.39 is 10.0 Å². The van der Waals surface area contributed by atoms with Crippen LogP contribution in [-0.2, 0) is 11.5 Å². The highest BCUT2D eigenvalue weighted by atomic mass is 32.3. The van der Waals surface area contributed by atoms with E-state index in [1.807, 2.05) is 0 Å². The van der Waals surface area contributed by atoms with E-state index in [1.165, 1.54) is 0 Å². The average molecular weight is 312 g/mol. The van der Waals surface area contributed by atoms with E-state index >= 15 is 0 Å². The Bertz CT molecular complexity index is 634. The highest BCUT2D eigenvalue weighted by molar-refractivity contribution is 8.32. The summed E-state index contributed by atoms with van der Waals surface area (Å²) < 4.78 is 7.32. The molecule has 0 aliphatic heterocycles. The van der Waals surface area contributed by atoms with Gasteiger partial charge in [-0.1, -0.05) is 0 Å². The fraction of sp³-hybridized carbons (Fsp3) is 0.429. The third-order valence-corrected chi connectivity index (χ3v) is 4.51. The third kappa shape index (κ3) is 4.04. The molecular weight excluding hydrogens is 290 g/mol. The van der Waals surface area contributed by atoms with Crippen molar-refractivity contribution in [1.82, 2.24) is 9.78 Å². The number of nitrogens with two attached hydrogens (primary N) is 1. The van der Waals surface area contributed by atoms with Crippen molar-refractivity contribution < 1.29 is 20.2 Å². The maximum absolute atomic E-state index is 11.1. The van der Waals surface area contributed by atoms with Crippen LogP contribution < -0.4 is 5.48 Å². The van der Waals surface area contributed by atoms with Gasteiger partial charge in [-0.25, -0.2) is 19.9 Å². The van der Waals surface area contributed by atoms with Gasteiger partial charge in [0.25, 0.3) is 0 Å². The number of ether oxygens (including phenoxy) is 1. The van der Waals surface area contributed by atoms with Crippen molar-refractivity contribution in [2.24, 2.45) is 0 Å². The number of nitrogens with zero attached hydrogens (tertiary/aromatic N) is 2. The van der Waals surface area contributed by atoms with E-state index in [1.54, 1.807) is 22.9 Å². The van der Waals surface area contributed by atoms with E-state index in [-0.39, 0.29) is 0 Å². The minimum atomic E-state index is -0.580. The van der Waals surface area contributed by atoms with Gasteiger partial charge in [0.2, 0.25) is 0 Å². The van der Waals surface area contributed by atoms with Crippen LogP contribution in [0.3, 0.4) is 0 Å². The topological polar surface area (TPSA) is 81.0 Å². The molecular formula is C14H22N3O3S+. The molecule has 0 fully saturated rings. The Kier molecular flexibility index (Phi) is 5.00. The number of rotatable bonds is 7. The number of fused-ring (bicyclic) bond motifs is 1. The second-order valence-electron chi connectivity index (χ2n) is 5.74. The molecule has 0 unspecified atom stereocenters. The van der Waals surface area contributed by atoms with Crippen molar-refractivity contribution in [3.05, 3.63) is 23.9 Å². The highest BCUT2D eigenvalue weighted by Gasteiger charge is 2.12. The maximum Gasteiger partial charge on any atom is 0.170 e. The molecule has 0 bridgehead atoms. The van der Waals surface area contributed by atoms with Crippen LogP contribution in [0.25, 0.3) is 10.9 Å². The lowest BCUT2D eigenvalue weighted by atomic mass is 10.2. The molecule has 0 atom stereocenters. The van der Waals surface area contributed by atoms with Crippen molar-refractivity contribution >= 4 is 32.9 Å². The van der Waals surface area contributed by atoms with Crippen molar-refractivity contribution in [3.8, 4) is 0 Å². The molecule has 1 aromatic heterocycles. The van der Waals surface area contributed by atoms with E-state index in [2.05, 4.69) is 23.9 Å². The largest absolute Gasteiger partial charge is 0.358 e. The Balaban J connectivity index is 2.16. The van der Waals surface area contributed by atoms with Crippen LogP contribution in [0.15, 0.2) is 18.2 Å². The second-order valence-corrected chi connectivity index (χ2v) is 10.3. The zero-order valence-corrected chi connectivity index (χ0v) is 13.4. The number of benzene rings is 1. The zero-order chi connectivity index (χ0) is 15.5. The number of hydrogen-bond donors (Lipinski definition) is 2. The van der Waals surface area contributed by atoms with E-state index in [0.29, 0.717) is 24.7 Å². The maximum atomic E-state index is 11.1. The fourth-order valence-electron chi connectivity index (χ4n) is 1.94. The number of aldehydes is 1. The molecule has 7 heteroatoms. The predicted octanol–water partition coefficient (Wildman–Crippen LogP) is 1.10. The van der Waals surface area contributed by atoms with Gasteiger partial charge in [-0.05, 0) is 24.8 Å². The van der Waals surface area contributed by atoms with Crippen molar-refractivity contribution in [1.29, 1.82) is 0 Å². The first-order valence-corrected chi connectivity index (χ1v) is 9.64. The molecule has 0 saturated heterocycles. The second kappa shape index (κ2) is 6.57.